The maximum atomic E-state index is 15.0. The second-order valence-electron chi connectivity index (χ2n) is 8.48. The number of nitrogens with two attached hydrogens (primary N) is 1. The fourth-order valence-corrected chi connectivity index (χ4v) is 4.44. The van der Waals surface area contributed by atoms with E-state index in [9.17, 15) is 14.3 Å². The molecular weight excluding hydrogens is 425 g/mol. The lowest BCUT2D eigenvalue weighted by Gasteiger charge is -2.39. The largest absolute Gasteiger partial charge is 0.387 e. The molecule has 4 rings (SSSR count). The highest BCUT2D eigenvalue weighted by Gasteiger charge is 2.48. The molecule has 0 saturated carbocycles. The van der Waals surface area contributed by atoms with Gasteiger partial charge in [0.1, 0.15) is 23.6 Å². The summed E-state index contributed by atoms with van der Waals surface area (Å²) < 4.78 is 28.3. The molecule has 1 saturated heterocycles. The average Bonchev–Trinajstić information content (AvgIpc) is 3.09. The quantitative estimate of drug-likeness (QED) is 0.571. The summed E-state index contributed by atoms with van der Waals surface area (Å²) in [4.78, 5) is 15.8. The van der Waals surface area contributed by atoms with Gasteiger partial charge in [0.25, 0.3) is 0 Å². The molecule has 3 N–H and O–H groups in total. The number of rotatable bonds is 7. The molecule has 33 heavy (non-hydrogen) atoms. The molecule has 2 aromatic carbocycles. The van der Waals surface area contributed by atoms with E-state index >= 15 is 0 Å². The predicted molar refractivity (Wildman–Crippen MR) is 122 cm³/mol. The lowest BCUT2D eigenvalue weighted by molar-refractivity contribution is -0.121. The summed E-state index contributed by atoms with van der Waals surface area (Å²) in [5.74, 6) is 0.0271. The fourth-order valence-electron chi connectivity index (χ4n) is 4.44. The minimum atomic E-state index is -1.83. The van der Waals surface area contributed by atoms with Crippen molar-refractivity contribution >= 4 is 5.82 Å². The first-order valence-corrected chi connectivity index (χ1v) is 10.9. The number of hydrogen-bond acceptors (Lipinski definition) is 6. The van der Waals surface area contributed by atoms with Gasteiger partial charge in [-0.15, -0.1) is 0 Å². The summed E-state index contributed by atoms with van der Waals surface area (Å²) in [5.41, 5.74) is 5.79. The number of ether oxygens (including phenoxy) is 2. The van der Waals surface area contributed by atoms with Crippen LogP contribution in [0.5, 0.6) is 0 Å². The minimum absolute atomic E-state index is 0.00161. The highest BCUT2D eigenvalue weighted by Crippen LogP contribution is 2.42. The van der Waals surface area contributed by atoms with Crippen molar-refractivity contribution in [2.45, 2.75) is 44.1 Å². The summed E-state index contributed by atoms with van der Waals surface area (Å²) in [7, 11) is 0. The molecule has 8 heteroatoms. The Morgan fingerprint density at radius 3 is 2.21 bits per heavy atom. The first-order valence-electron chi connectivity index (χ1n) is 10.9. The standard InChI is InChI=1S/C25H28FN3O4/c1-16(2)25(17-9-5-3-6-10-17,18-11-7-4-8-12-18)32-15-19-22(30)21(26)23(33-19)29-14-13-20(27)28-24(29)31/h3-14,16,19,21-23,30H,15H2,1-2H3,(H2,27,28,31)/t19-,21?,22?,23-/m1/s1. The second kappa shape index (κ2) is 9.43. The van der Waals surface area contributed by atoms with Crippen LogP contribution in [0.25, 0.3) is 0 Å². The maximum absolute atomic E-state index is 15.0. The molecule has 174 valence electrons. The number of aliphatic hydroxyl groups excluding tert-OH is 1. The van der Waals surface area contributed by atoms with Crippen LogP contribution in [0.15, 0.2) is 77.7 Å². The summed E-state index contributed by atoms with van der Waals surface area (Å²) in [6, 6.07) is 20.9. The smallest absolute Gasteiger partial charge is 0.351 e. The first-order chi connectivity index (χ1) is 15.8. The highest BCUT2D eigenvalue weighted by molar-refractivity contribution is 5.37. The monoisotopic (exact) mass is 453 g/mol. The third-order valence-electron chi connectivity index (χ3n) is 6.11. The Morgan fingerprint density at radius 1 is 1.12 bits per heavy atom. The highest BCUT2D eigenvalue weighted by atomic mass is 19.1. The molecule has 2 heterocycles. The summed E-state index contributed by atoms with van der Waals surface area (Å²) in [5, 5.41) is 10.6. The van der Waals surface area contributed by atoms with Crippen molar-refractivity contribution in [3.8, 4) is 0 Å². The van der Waals surface area contributed by atoms with Crippen LogP contribution in [0.3, 0.4) is 0 Å². The molecular formula is C25H28FN3O4. The third kappa shape index (κ3) is 4.29. The van der Waals surface area contributed by atoms with Gasteiger partial charge in [-0.05, 0) is 23.1 Å². The Morgan fingerprint density at radius 2 is 1.70 bits per heavy atom. The number of nitrogens with zero attached hydrogens (tertiary/aromatic N) is 2. The van der Waals surface area contributed by atoms with Crippen molar-refractivity contribution in [2.24, 2.45) is 5.92 Å². The van der Waals surface area contributed by atoms with E-state index < -0.39 is 35.9 Å². The van der Waals surface area contributed by atoms with E-state index in [0.717, 1.165) is 15.7 Å². The van der Waals surface area contributed by atoms with Crippen LogP contribution in [0.1, 0.15) is 31.2 Å². The van der Waals surface area contributed by atoms with Gasteiger partial charge in [0.2, 0.25) is 0 Å². The zero-order chi connectivity index (χ0) is 23.6. The van der Waals surface area contributed by atoms with Crippen molar-refractivity contribution in [3.63, 3.8) is 0 Å². The van der Waals surface area contributed by atoms with Crippen LogP contribution in [0.2, 0.25) is 0 Å². The van der Waals surface area contributed by atoms with E-state index in [2.05, 4.69) is 4.98 Å². The maximum Gasteiger partial charge on any atom is 0.351 e. The van der Waals surface area contributed by atoms with Crippen molar-refractivity contribution < 1.29 is 19.0 Å². The van der Waals surface area contributed by atoms with Crippen molar-refractivity contribution in [1.29, 1.82) is 0 Å². The molecule has 0 bridgehead atoms. The lowest BCUT2D eigenvalue weighted by atomic mass is 9.77. The molecule has 0 amide bonds. The molecule has 0 aliphatic carbocycles. The Hall–Kier alpha value is -3.07. The van der Waals surface area contributed by atoms with E-state index in [1.807, 2.05) is 74.5 Å². The van der Waals surface area contributed by atoms with E-state index in [-0.39, 0.29) is 18.3 Å². The molecule has 3 aromatic rings. The molecule has 4 atom stereocenters. The topological polar surface area (TPSA) is 99.6 Å². The van der Waals surface area contributed by atoms with Crippen LogP contribution in [0.4, 0.5) is 10.2 Å². The van der Waals surface area contributed by atoms with Crippen LogP contribution in [0, 0.1) is 5.92 Å². The van der Waals surface area contributed by atoms with Gasteiger partial charge in [-0.1, -0.05) is 74.5 Å². The number of aromatic nitrogens is 2. The minimum Gasteiger partial charge on any atom is -0.387 e. The zero-order valence-corrected chi connectivity index (χ0v) is 18.5. The van der Waals surface area contributed by atoms with Crippen LogP contribution >= 0.6 is 0 Å². The van der Waals surface area contributed by atoms with Gasteiger partial charge in [0.05, 0.1) is 6.61 Å². The number of anilines is 1. The molecule has 0 radical (unpaired) electrons. The van der Waals surface area contributed by atoms with Gasteiger partial charge in [0.15, 0.2) is 12.4 Å². The number of halogens is 1. The Kier molecular flexibility index (Phi) is 6.60. The Labute approximate surface area is 191 Å². The van der Waals surface area contributed by atoms with Gasteiger partial charge < -0.3 is 20.3 Å². The third-order valence-corrected chi connectivity index (χ3v) is 6.11. The zero-order valence-electron chi connectivity index (χ0n) is 18.5. The lowest BCUT2D eigenvalue weighted by Crippen LogP contribution is -2.41. The number of alkyl halides is 1. The molecule has 1 aliphatic heterocycles. The van der Waals surface area contributed by atoms with E-state index in [1.54, 1.807) is 0 Å². The summed E-state index contributed by atoms with van der Waals surface area (Å²) in [6.07, 6.45) is -4.31. The van der Waals surface area contributed by atoms with E-state index in [0.29, 0.717) is 0 Å². The fraction of sp³-hybridized carbons (Fsp3) is 0.360. The van der Waals surface area contributed by atoms with Crippen molar-refractivity contribution in [3.05, 3.63) is 94.5 Å². The predicted octanol–water partition coefficient (Wildman–Crippen LogP) is 3.04. The van der Waals surface area contributed by atoms with Crippen LogP contribution in [-0.2, 0) is 15.1 Å². The SMILES string of the molecule is CC(C)C(OC[C@H]1O[C@@H](n2ccc(N)nc2=O)C(F)C1O)(c1ccccc1)c1ccccc1. The number of benzene rings is 2. The Bertz CT molecular complexity index is 1080. The molecule has 0 spiro atoms. The molecule has 1 fully saturated rings. The van der Waals surface area contributed by atoms with Gasteiger partial charge in [-0.25, -0.2) is 9.18 Å². The van der Waals surface area contributed by atoms with Crippen molar-refractivity contribution in [1.82, 2.24) is 9.55 Å². The average molecular weight is 454 g/mol. The van der Waals surface area contributed by atoms with Crippen LogP contribution in [-0.4, -0.2) is 39.6 Å². The molecule has 1 aromatic heterocycles. The normalized spacial score (nSPS) is 23.2. The van der Waals surface area contributed by atoms with Gasteiger partial charge in [0, 0.05) is 6.20 Å². The van der Waals surface area contributed by atoms with E-state index in [4.69, 9.17) is 15.2 Å². The molecule has 2 unspecified atom stereocenters. The Balaban J connectivity index is 1.64. The summed E-state index contributed by atoms with van der Waals surface area (Å²) in [6.45, 7) is 4.01. The number of hydrogen-bond donors (Lipinski definition) is 2. The van der Waals surface area contributed by atoms with E-state index in [1.165, 1.54) is 12.3 Å². The van der Waals surface area contributed by atoms with Gasteiger partial charge in [-0.3, -0.25) is 4.57 Å². The summed E-state index contributed by atoms with van der Waals surface area (Å²) >= 11 is 0. The van der Waals surface area contributed by atoms with Gasteiger partial charge >= 0.3 is 5.69 Å². The first kappa shape index (κ1) is 23.1. The van der Waals surface area contributed by atoms with Crippen molar-refractivity contribution in [2.75, 3.05) is 12.3 Å². The van der Waals surface area contributed by atoms with Crippen LogP contribution < -0.4 is 11.4 Å². The molecule has 7 nitrogen and oxygen atoms in total. The molecule has 1 aliphatic rings. The number of aliphatic hydroxyl groups is 1. The number of nitrogen functional groups attached to an aromatic ring is 1. The second-order valence-corrected chi connectivity index (χ2v) is 8.48. The van der Waals surface area contributed by atoms with Gasteiger partial charge in [-0.2, -0.15) is 4.98 Å².